The van der Waals surface area contributed by atoms with E-state index in [1.165, 1.54) is 70.6 Å². The number of para-hydroxylation sites is 1. The van der Waals surface area contributed by atoms with Crippen molar-refractivity contribution in [1.29, 1.82) is 0 Å². The monoisotopic (exact) mass is 497 g/mol. The minimum Gasteiger partial charge on any atom is -0.493 e. The van der Waals surface area contributed by atoms with E-state index in [0.717, 1.165) is 29.8 Å². The van der Waals surface area contributed by atoms with E-state index in [1.807, 2.05) is 36.5 Å². The molecule has 0 aliphatic heterocycles. The first-order valence-corrected chi connectivity index (χ1v) is 14.2. The molecule has 0 unspecified atom stereocenters. The number of methoxy groups -OCH3 is 1. The highest BCUT2D eigenvalue weighted by Gasteiger charge is 2.14. The lowest BCUT2D eigenvalue weighted by Crippen LogP contribution is -2.33. The van der Waals surface area contributed by atoms with Crippen LogP contribution in [-0.2, 0) is 24.3 Å². The fourth-order valence-corrected chi connectivity index (χ4v) is 4.48. The van der Waals surface area contributed by atoms with Crippen molar-refractivity contribution in [2.45, 2.75) is 110 Å². The van der Waals surface area contributed by atoms with Crippen LogP contribution < -0.4 is 19.4 Å². The Labute approximate surface area is 219 Å². The second-order valence-corrected chi connectivity index (χ2v) is 9.68. The molecule has 2 rings (SSSR count). The number of pyridine rings is 1. The highest BCUT2D eigenvalue weighted by molar-refractivity contribution is 5.79. The average Bonchev–Trinajstić information content (AvgIpc) is 2.90. The fourth-order valence-electron chi connectivity index (χ4n) is 4.48. The van der Waals surface area contributed by atoms with Crippen molar-refractivity contribution < 1.29 is 18.8 Å². The molecule has 0 spiro atoms. The number of hydrogen-bond donors (Lipinski definition) is 1. The first-order chi connectivity index (χ1) is 17.7. The van der Waals surface area contributed by atoms with Crippen LogP contribution in [0.3, 0.4) is 0 Å². The Kier molecular flexibility index (Phi) is 15.4. The Morgan fingerprint density at radius 3 is 2.17 bits per heavy atom. The molecule has 0 bridgehead atoms. The van der Waals surface area contributed by atoms with Crippen molar-refractivity contribution >= 4 is 5.91 Å². The third kappa shape index (κ3) is 11.9. The van der Waals surface area contributed by atoms with Gasteiger partial charge in [-0.15, -0.1) is 0 Å². The summed E-state index contributed by atoms with van der Waals surface area (Å²) in [6.45, 7) is 6.47. The molecule has 0 saturated carbocycles. The zero-order chi connectivity index (χ0) is 25.8. The summed E-state index contributed by atoms with van der Waals surface area (Å²) in [5.41, 5.74) is 1.93. The first kappa shape index (κ1) is 29.7. The van der Waals surface area contributed by atoms with Gasteiger partial charge in [0.1, 0.15) is 6.54 Å². The van der Waals surface area contributed by atoms with E-state index < -0.39 is 0 Å². The third-order valence-electron chi connectivity index (χ3n) is 6.65. The van der Waals surface area contributed by atoms with E-state index in [9.17, 15) is 4.79 Å². The molecule has 1 heterocycles. The van der Waals surface area contributed by atoms with Gasteiger partial charge in [0.2, 0.25) is 5.91 Å². The number of carbonyl (C=O) groups excluding carboxylic acids is 1. The van der Waals surface area contributed by atoms with Crippen LogP contribution in [-0.4, -0.2) is 19.6 Å². The molecule has 5 nitrogen and oxygen atoms in total. The van der Waals surface area contributed by atoms with E-state index >= 15 is 0 Å². The Morgan fingerprint density at radius 1 is 0.861 bits per heavy atom. The van der Waals surface area contributed by atoms with E-state index in [1.54, 1.807) is 7.11 Å². The quantitative estimate of drug-likeness (QED) is 0.159. The van der Waals surface area contributed by atoms with Gasteiger partial charge in [-0.3, -0.25) is 4.79 Å². The maximum atomic E-state index is 12.6. The van der Waals surface area contributed by atoms with E-state index in [4.69, 9.17) is 9.47 Å². The van der Waals surface area contributed by atoms with Crippen molar-refractivity contribution in [3.63, 3.8) is 0 Å². The molecular formula is C31H49N2O3+. The van der Waals surface area contributed by atoms with Crippen LogP contribution in [0.2, 0.25) is 0 Å². The number of nitrogens with zero attached hydrogens (tertiary/aromatic N) is 1. The Hall–Kier alpha value is -2.56. The summed E-state index contributed by atoms with van der Waals surface area (Å²) in [5, 5.41) is 3.02. The largest absolute Gasteiger partial charge is 0.493 e. The van der Waals surface area contributed by atoms with Crippen LogP contribution in [0.4, 0.5) is 0 Å². The van der Waals surface area contributed by atoms with Gasteiger partial charge in [0.05, 0.1) is 20.1 Å². The standard InChI is InChI=1S/C31H48N2O3/c1-4-6-7-8-9-10-11-12-13-14-15-16-23-36-29-21-17-20-28(31(29)35-3)24-30(34)32-25-27-19-18-22-33(5-2)26-27/h17-22,26H,4-16,23-25H2,1-3H3/p+1. The van der Waals surface area contributed by atoms with Crippen LogP contribution >= 0.6 is 0 Å². The van der Waals surface area contributed by atoms with Gasteiger partial charge in [0.15, 0.2) is 23.9 Å². The second-order valence-electron chi connectivity index (χ2n) is 9.68. The summed E-state index contributed by atoms with van der Waals surface area (Å²) >= 11 is 0. The van der Waals surface area contributed by atoms with Crippen molar-refractivity contribution in [2.24, 2.45) is 0 Å². The van der Waals surface area contributed by atoms with Crippen LogP contribution in [0.1, 0.15) is 102 Å². The normalized spacial score (nSPS) is 10.9. The number of rotatable bonds is 20. The van der Waals surface area contributed by atoms with Crippen LogP contribution in [0, 0.1) is 0 Å². The lowest BCUT2D eigenvalue weighted by molar-refractivity contribution is -0.694. The molecule has 0 radical (unpaired) electrons. The lowest BCUT2D eigenvalue weighted by atomic mass is 10.1. The number of hydrogen-bond acceptors (Lipinski definition) is 3. The second kappa shape index (κ2) is 18.7. The molecule has 0 aliphatic carbocycles. The number of ether oxygens (including phenoxy) is 2. The smallest absolute Gasteiger partial charge is 0.224 e. The highest BCUT2D eigenvalue weighted by atomic mass is 16.5. The van der Waals surface area contributed by atoms with Crippen LogP contribution in [0.25, 0.3) is 0 Å². The van der Waals surface area contributed by atoms with E-state index in [-0.39, 0.29) is 12.3 Å². The van der Waals surface area contributed by atoms with Gasteiger partial charge in [0.25, 0.3) is 0 Å². The number of amides is 1. The number of aromatic nitrogens is 1. The van der Waals surface area contributed by atoms with Crippen LogP contribution in [0.5, 0.6) is 11.5 Å². The zero-order valence-electron chi connectivity index (χ0n) is 23.0. The number of aryl methyl sites for hydroxylation is 1. The first-order valence-electron chi connectivity index (χ1n) is 14.2. The molecular weight excluding hydrogens is 448 g/mol. The van der Waals surface area contributed by atoms with Crippen molar-refractivity contribution in [3.05, 3.63) is 53.9 Å². The molecule has 5 heteroatoms. The SMILES string of the molecule is CCCCCCCCCCCCCCOc1cccc(CC(=O)NCc2ccc[n+](CC)c2)c1OC. The van der Waals surface area contributed by atoms with E-state index in [2.05, 4.69) is 29.9 Å². The van der Waals surface area contributed by atoms with Crippen molar-refractivity contribution in [2.75, 3.05) is 13.7 Å². The molecule has 1 amide bonds. The Morgan fingerprint density at radius 2 is 1.53 bits per heavy atom. The predicted molar refractivity (Wildman–Crippen MR) is 147 cm³/mol. The molecule has 0 atom stereocenters. The molecule has 0 aliphatic rings. The zero-order valence-corrected chi connectivity index (χ0v) is 23.0. The maximum Gasteiger partial charge on any atom is 0.224 e. The Balaban J connectivity index is 1.65. The van der Waals surface area contributed by atoms with Gasteiger partial charge in [-0.1, -0.05) is 89.7 Å². The van der Waals surface area contributed by atoms with E-state index in [0.29, 0.717) is 18.9 Å². The highest BCUT2D eigenvalue weighted by Crippen LogP contribution is 2.31. The molecule has 1 aromatic carbocycles. The topological polar surface area (TPSA) is 51.4 Å². The summed E-state index contributed by atoms with van der Waals surface area (Å²) in [7, 11) is 1.64. The summed E-state index contributed by atoms with van der Waals surface area (Å²) in [5.74, 6) is 1.35. The third-order valence-corrected chi connectivity index (χ3v) is 6.65. The van der Waals surface area contributed by atoms with Gasteiger partial charge in [-0.05, 0) is 25.5 Å². The molecule has 0 fully saturated rings. The van der Waals surface area contributed by atoms with Gasteiger partial charge in [-0.2, -0.15) is 0 Å². The molecule has 36 heavy (non-hydrogen) atoms. The number of unbranched alkanes of at least 4 members (excludes halogenated alkanes) is 11. The summed E-state index contributed by atoms with van der Waals surface area (Å²) in [4.78, 5) is 12.6. The molecule has 200 valence electrons. The number of nitrogens with one attached hydrogen (secondary N) is 1. The molecule has 1 N–H and O–H groups in total. The minimum absolute atomic E-state index is 0.0293. The number of benzene rings is 1. The molecule has 2 aromatic rings. The molecule has 1 aromatic heterocycles. The minimum atomic E-state index is -0.0293. The summed E-state index contributed by atoms with van der Waals surface area (Å²) in [6, 6.07) is 9.82. The van der Waals surface area contributed by atoms with Crippen molar-refractivity contribution in [3.8, 4) is 11.5 Å². The van der Waals surface area contributed by atoms with Crippen LogP contribution in [0.15, 0.2) is 42.7 Å². The summed E-state index contributed by atoms with van der Waals surface area (Å²) in [6.07, 6.45) is 20.3. The number of carbonyl (C=O) groups is 1. The Bertz CT molecular complexity index is 869. The van der Waals surface area contributed by atoms with Gasteiger partial charge >= 0.3 is 0 Å². The average molecular weight is 498 g/mol. The predicted octanol–water partition coefficient (Wildman–Crippen LogP) is 6.94. The maximum absolute atomic E-state index is 12.6. The lowest BCUT2D eigenvalue weighted by Gasteiger charge is -2.14. The van der Waals surface area contributed by atoms with Gasteiger partial charge < -0.3 is 14.8 Å². The van der Waals surface area contributed by atoms with Gasteiger partial charge in [0, 0.05) is 23.7 Å². The molecule has 0 saturated heterocycles. The van der Waals surface area contributed by atoms with Crippen molar-refractivity contribution in [1.82, 2.24) is 5.32 Å². The fraction of sp³-hybridized carbons (Fsp3) is 0.613. The summed E-state index contributed by atoms with van der Waals surface area (Å²) < 4.78 is 13.8. The van der Waals surface area contributed by atoms with Gasteiger partial charge in [-0.25, -0.2) is 4.57 Å².